The molecule has 0 bridgehead atoms. The van der Waals surface area contributed by atoms with Crippen molar-refractivity contribution >= 4 is 16.0 Å². The lowest BCUT2D eigenvalue weighted by Crippen LogP contribution is -2.33. The number of carbonyl (C=O) groups is 1. The van der Waals surface area contributed by atoms with Crippen LogP contribution in [-0.4, -0.2) is 30.7 Å². The van der Waals surface area contributed by atoms with Crippen molar-refractivity contribution in [3.8, 4) is 0 Å². The van der Waals surface area contributed by atoms with Crippen LogP contribution in [0.15, 0.2) is 9.42 Å². The Hall–Kier alpha value is -1.41. The van der Waals surface area contributed by atoms with Gasteiger partial charge in [0.05, 0.1) is 0 Å². The highest BCUT2D eigenvalue weighted by Gasteiger charge is 2.25. The second-order valence-electron chi connectivity index (χ2n) is 4.11. The van der Waals surface area contributed by atoms with Crippen molar-refractivity contribution in [2.75, 3.05) is 0 Å². The third kappa shape index (κ3) is 3.54. The summed E-state index contributed by atoms with van der Waals surface area (Å²) in [6.45, 7) is 4.65. The third-order valence-electron chi connectivity index (χ3n) is 2.38. The van der Waals surface area contributed by atoms with Crippen LogP contribution in [0.25, 0.3) is 0 Å². The van der Waals surface area contributed by atoms with Crippen LogP contribution in [0.3, 0.4) is 0 Å². The van der Waals surface area contributed by atoms with Crippen molar-refractivity contribution in [1.82, 2.24) is 9.88 Å². The molecule has 2 N–H and O–H groups in total. The Kier molecular flexibility index (Phi) is 4.47. The molecule has 0 spiro atoms. The minimum absolute atomic E-state index is 0.0182. The fourth-order valence-corrected chi connectivity index (χ4v) is 3.19. The van der Waals surface area contributed by atoms with E-state index >= 15 is 0 Å². The first-order chi connectivity index (χ1) is 8.24. The van der Waals surface area contributed by atoms with E-state index in [1.54, 1.807) is 6.92 Å². The standard InChI is InChI=1S/C10H16N2O5S/c1-6(4-5-9(13)14)12-18(15,16)10-7(2)11-17-8(10)3/h6,12H,4-5H2,1-3H3,(H,13,14)/t6-/m1/s1. The molecule has 0 amide bonds. The van der Waals surface area contributed by atoms with Crippen LogP contribution in [0.4, 0.5) is 0 Å². The Morgan fingerprint density at radius 3 is 2.56 bits per heavy atom. The van der Waals surface area contributed by atoms with Crippen LogP contribution >= 0.6 is 0 Å². The Balaban J connectivity index is 2.80. The number of carboxylic acid groups (broad SMARTS) is 1. The van der Waals surface area contributed by atoms with Crippen LogP contribution in [0.2, 0.25) is 0 Å². The Morgan fingerprint density at radius 1 is 1.50 bits per heavy atom. The predicted octanol–water partition coefficient (Wildman–Crippen LogP) is 0.823. The summed E-state index contributed by atoms with van der Waals surface area (Å²) in [6, 6.07) is -0.472. The number of hydrogen-bond acceptors (Lipinski definition) is 5. The topological polar surface area (TPSA) is 110 Å². The summed E-state index contributed by atoms with van der Waals surface area (Å²) in [4.78, 5) is 10.4. The normalized spacial score (nSPS) is 13.5. The first-order valence-electron chi connectivity index (χ1n) is 5.41. The van der Waals surface area contributed by atoms with E-state index < -0.39 is 22.0 Å². The number of carboxylic acids is 1. The van der Waals surface area contributed by atoms with Gasteiger partial charge in [-0.25, -0.2) is 13.1 Å². The molecule has 0 radical (unpaired) electrons. The minimum Gasteiger partial charge on any atom is -0.481 e. The van der Waals surface area contributed by atoms with E-state index in [1.807, 2.05) is 0 Å². The molecule has 0 aliphatic carbocycles. The van der Waals surface area contributed by atoms with Crippen LogP contribution in [-0.2, 0) is 14.8 Å². The molecule has 8 heteroatoms. The van der Waals surface area contributed by atoms with Crippen molar-refractivity contribution in [2.45, 2.75) is 44.6 Å². The maximum Gasteiger partial charge on any atom is 0.303 e. The van der Waals surface area contributed by atoms with E-state index in [4.69, 9.17) is 9.63 Å². The number of sulfonamides is 1. The molecular weight excluding hydrogens is 260 g/mol. The largest absolute Gasteiger partial charge is 0.481 e. The summed E-state index contributed by atoms with van der Waals surface area (Å²) in [7, 11) is -3.72. The number of nitrogens with zero attached hydrogens (tertiary/aromatic N) is 1. The first-order valence-corrected chi connectivity index (χ1v) is 6.89. The van der Waals surface area contributed by atoms with Gasteiger partial charge < -0.3 is 9.63 Å². The highest BCUT2D eigenvalue weighted by atomic mass is 32.2. The number of aliphatic carboxylic acids is 1. The molecule has 1 atom stereocenters. The van der Waals surface area contributed by atoms with Gasteiger partial charge in [-0.3, -0.25) is 4.79 Å². The molecule has 102 valence electrons. The molecule has 0 aromatic carbocycles. The maximum absolute atomic E-state index is 12.0. The van der Waals surface area contributed by atoms with E-state index in [9.17, 15) is 13.2 Å². The van der Waals surface area contributed by atoms with Crippen LogP contribution < -0.4 is 4.72 Å². The summed E-state index contributed by atoms with van der Waals surface area (Å²) in [5.74, 6) is -0.746. The molecule has 0 aliphatic heterocycles. The van der Waals surface area contributed by atoms with E-state index in [1.165, 1.54) is 13.8 Å². The second-order valence-corrected chi connectivity index (χ2v) is 5.76. The van der Waals surface area contributed by atoms with Gasteiger partial charge in [0.25, 0.3) is 0 Å². The zero-order valence-electron chi connectivity index (χ0n) is 10.4. The predicted molar refractivity (Wildman–Crippen MR) is 62.6 cm³/mol. The lowest BCUT2D eigenvalue weighted by atomic mass is 10.2. The molecule has 0 aliphatic rings. The van der Waals surface area contributed by atoms with Gasteiger partial charge in [0, 0.05) is 12.5 Å². The zero-order valence-corrected chi connectivity index (χ0v) is 11.2. The smallest absolute Gasteiger partial charge is 0.303 e. The molecule has 1 rings (SSSR count). The van der Waals surface area contributed by atoms with Gasteiger partial charge >= 0.3 is 5.97 Å². The fraction of sp³-hybridized carbons (Fsp3) is 0.600. The summed E-state index contributed by atoms with van der Waals surface area (Å²) >= 11 is 0. The molecule has 0 saturated carbocycles. The Labute approximate surface area is 105 Å². The van der Waals surface area contributed by atoms with Crippen molar-refractivity contribution in [2.24, 2.45) is 0 Å². The number of rotatable bonds is 6. The summed E-state index contributed by atoms with van der Waals surface area (Å²) < 4.78 is 31.3. The third-order valence-corrected chi connectivity index (χ3v) is 4.22. The van der Waals surface area contributed by atoms with E-state index in [-0.39, 0.29) is 29.2 Å². The van der Waals surface area contributed by atoms with Crippen molar-refractivity contribution in [1.29, 1.82) is 0 Å². The molecule has 1 aromatic rings. The van der Waals surface area contributed by atoms with Gasteiger partial charge in [-0.05, 0) is 27.2 Å². The number of nitrogens with one attached hydrogen (secondary N) is 1. The minimum atomic E-state index is -3.72. The van der Waals surface area contributed by atoms with Crippen molar-refractivity contribution < 1.29 is 22.8 Å². The summed E-state index contributed by atoms with van der Waals surface area (Å²) in [6.07, 6.45) is 0.128. The molecular formula is C10H16N2O5S. The van der Waals surface area contributed by atoms with Gasteiger partial charge in [-0.2, -0.15) is 0 Å². The van der Waals surface area contributed by atoms with Gasteiger partial charge in [0.15, 0.2) is 5.76 Å². The summed E-state index contributed by atoms with van der Waals surface area (Å²) in [5.41, 5.74) is 0.283. The SMILES string of the molecule is Cc1noc(C)c1S(=O)(=O)N[C@H](C)CCC(=O)O. The number of hydrogen-bond donors (Lipinski definition) is 2. The van der Waals surface area contributed by atoms with E-state index in [0.29, 0.717) is 0 Å². The van der Waals surface area contributed by atoms with Crippen LogP contribution in [0.1, 0.15) is 31.2 Å². The average Bonchev–Trinajstić information content (AvgIpc) is 2.55. The average molecular weight is 276 g/mol. The number of aromatic nitrogens is 1. The molecule has 1 heterocycles. The molecule has 0 fully saturated rings. The monoisotopic (exact) mass is 276 g/mol. The van der Waals surface area contributed by atoms with E-state index in [2.05, 4.69) is 9.88 Å². The Morgan fingerprint density at radius 2 is 2.11 bits per heavy atom. The quantitative estimate of drug-likeness (QED) is 0.796. The van der Waals surface area contributed by atoms with Crippen molar-refractivity contribution in [3.05, 3.63) is 11.5 Å². The Bertz CT molecular complexity index is 515. The van der Waals surface area contributed by atoms with Crippen LogP contribution in [0.5, 0.6) is 0 Å². The number of aryl methyl sites for hydroxylation is 2. The maximum atomic E-state index is 12.0. The molecule has 0 saturated heterocycles. The fourth-order valence-electron chi connectivity index (χ4n) is 1.58. The lowest BCUT2D eigenvalue weighted by Gasteiger charge is -2.12. The molecule has 18 heavy (non-hydrogen) atoms. The van der Waals surface area contributed by atoms with E-state index in [0.717, 1.165) is 0 Å². The van der Waals surface area contributed by atoms with Gasteiger partial charge in [0.1, 0.15) is 10.6 Å². The highest BCUT2D eigenvalue weighted by Crippen LogP contribution is 2.19. The first kappa shape index (κ1) is 14.7. The molecule has 1 aromatic heterocycles. The zero-order chi connectivity index (χ0) is 13.9. The highest BCUT2D eigenvalue weighted by molar-refractivity contribution is 7.89. The van der Waals surface area contributed by atoms with Gasteiger partial charge in [-0.15, -0.1) is 0 Å². The second kappa shape index (κ2) is 5.49. The van der Waals surface area contributed by atoms with Crippen molar-refractivity contribution in [3.63, 3.8) is 0 Å². The van der Waals surface area contributed by atoms with Crippen LogP contribution in [0, 0.1) is 13.8 Å². The molecule has 7 nitrogen and oxygen atoms in total. The molecule has 0 unspecified atom stereocenters. The lowest BCUT2D eigenvalue weighted by molar-refractivity contribution is -0.137. The van der Waals surface area contributed by atoms with Gasteiger partial charge in [-0.1, -0.05) is 5.16 Å². The summed E-state index contributed by atoms with van der Waals surface area (Å²) in [5, 5.41) is 12.1. The van der Waals surface area contributed by atoms with Gasteiger partial charge in [0.2, 0.25) is 10.0 Å².